The molecule has 2 aliphatic heterocycles. The van der Waals surface area contributed by atoms with Gasteiger partial charge in [0.1, 0.15) is 11.3 Å². The summed E-state index contributed by atoms with van der Waals surface area (Å²) in [7, 11) is 0. The monoisotopic (exact) mass is 280 g/mol. The smallest absolute Gasteiger partial charge is 0.259 e. The van der Waals surface area contributed by atoms with Crippen LogP contribution in [0.25, 0.3) is 0 Å². The van der Waals surface area contributed by atoms with Crippen LogP contribution in [0.5, 0.6) is 0 Å². The highest BCUT2D eigenvalue weighted by Gasteiger charge is 2.41. The summed E-state index contributed by atoms with van der Waals surface area (Å²) in [6.07, 6.45) is 2.15. The van der Waals surface area contributed by atoms with Crippen molar-refractivity contribution in [1.82, 2.24) is 10.1 Å². The molecule has 2 fully saturated rings. The van der Waals surface area contributed by atoms with Gasteiger partial charge in [-0.25, -0.2) is 0 Å². The number of piperidine rings is 1. The number of hydrogen-bond acceptors (Lipinski definition) is 5. The topological polar surface area (TPSA) is 64.8 Å². The van der Waals surface area contributed by atoms with Gasteiger partial charge in [0.2, 0.25) is 0 Å². The lowest BCUT2D eigenvalue weighted by atomic mass is 10.0. The van der Waals surface area contributed by atoms with Gasteiger partial charge in [-0.1, -0.05) is 12.1 Å². The second kappa shape index (κ2) is 5.18. The van der Waals surface area contributed by atoms with E-state index in [-0.39, 0.29) is 5.91 Å². The van der Waals surface area contributed by atoms with Crippen molar-refractivity contribution in [2.24, 2.45) is 0 Å². The van der Waals surface area contributed by atoms with Crippen LogP contribution in [0.4, 0.5) is 0 Å². The van der Waals surface area contributed by atoms with Gasteiger partial charge in [-0.2, -0.15) is 0 Å². The van der Waals surface area contributed by atoms with Crippen LogP contribution in [0.2, 0.25) is 0 Å². The van der Waals surface area contributed by atoms with Crippen molar-refractivity contribution in [1.29, 1.82) is 0 Å². The zero-order valence-electron chi connectivity index (χ0n) is 12.0. The summed E-state index contributed by atoms with van der Waals surface area (Å²) in [4.78, 5) is 14.5. The standard InChI is InChI=1S/C14H20N2O4/c1-3-11-12(10(2)20-15-11)13(17)16-6-4-14(5-7-16)18-8-9-19-14/h3-9H2,1-2H3. The maximum Gasteiger partial charge on any atom is 0.259 e. The Morgan fingerprint density at radius 3 is 2.55 bits per heavy atom. The molecule has 0 N–H and O–H groups in total. The van der Waals surface area contributed by atoms with Crippen LogP contribution in [0.3, 0.4) is 0 Å². The molecule has 2 aliphatic rings. The molecule has 0 unspecified atom stereocenters. The van der Waals surface area contributed by atoms with Crippen molar-refractivity contribution >= 4 is 5.91 Å². The Kier molecular flexibility index (Phi) is 3.52. The van der Waals surface area contributed by atoms with Gasteiger partial charge in [-0.3, -0.25) is 4.79 Å². The second-order valence-electron chi connectivity index (χ2n) is 5.31. The number of hydrogen-bond donors (Lipinski definition) is 0. The number of rotatable bonds is 2. The third-order valence-electron chi connectivity index (χ3n) is 4.11. The van der Waals surface area contributed by atoms with Crippen LogP contribution >= 0.6 is 0 Å². The molecule has 20 heavy (non-hydrogen) atoms. The van der Waals surface area contributed by atoms with Gasteiger partial charge in [-0.15, -0.1) is 0 Å². The molecule has 3 rings (SSSR count). The molecule has 1 aromatic heterocycles. The normalized spacial score (nSPS) is 21.6. The molecule has 110 valence electrons. The molecule has 1 aromatic rings. The van der Waals surface area contributed by atoms with Crippen LogP contribution in [0, 0.1) is 6.92 Å². The van der Waals surface area contributed by atoms with Gasteiger partial charge in [0.15, 0.2) is 5.79 Å². The van der Waals surface area contributed by atoms with E-state index >= 15 is 0 Å². The number of nitrogens with zero attached hydrogens (tertiary/aromatic N) is 2. The zero-order chi connectivity index (χ0) is 14.2. The number of carbonyl (C=O) groups excluding carboxylic acids is 1. The highest BCUT2D eigenvalue weighted by Crippen LogP contribution is 2.32. The quantitative estimate of drug-likeness (QED) is 0.822. The fraction of sp³-hybridized carbons (Fsp3) is 0.714. The van der Waals surface area contributed by atoms with E-state index < -0.39 is 5.79 Å². The maximum absolute atomic E-state index is 12.6. The molecule has 0 saturated carbocycles. The molecule has 0 radical (unpaired) electrons. The van der Waals surface area contributed by atoms with E-state index in [2.05, 4.69) is 5.16 Å². The van der Waals surface area contributed by atoms with E-state index in [0.29, 0.717) is 44.0 Å². The van der Waals surface area contributed by atoms with E-state index in [1.54, 1.807) is 6.92 Å². The Labute approximate surface area is 118 Å². The number of ether oxygens (including phenoxy) is 2. The average molecular weight is 280 g/mol. The van der Waals surface area contributed by atoms with Crippen LogP contribution in [0.1, 0.15) is 41.6 Å². The maximum atomic E-state index is 12.6. The lowest BCUT2D eigenvalue weighted by Crippen LogP contribution is -2.47. The predicted octanol–water partition coefficient (Wildman–Crippen LogP) is 1.52. The van der Waals surface area contributed by atoms with Crippen LogP contribution in [0.15, 0.2) is 4.52 Å². The minimum Gasteiger partial charge on any atom is -0.361 e. The van der Waals surface area contributed by atoms with Gasteiger partial charge in [0.25, 0.3) is 5.91 Å². The molecular weight excluding hydrogens is 260 g/mol. The van der Waals surface area contributed by atoms with Gasteiger partial charge >= 0.3 is 0 Å². The average Bonchev–Trinajstić information content (AvgIpc) is 3.06. The summed E-state index contributed by atoms with van der Waals surface area (Å²) in [5.74, 6) is 0.155. The van der Waals surface area contributed by atoms with Crippen molar-refractivity contribution in [3.05, 3.63) is 17.0 Å². The van der Waals surface area contributed by atoms with Crippen molar-refractivity contribution < 1.29 is 18.8 Å². The fourth-order valence-corrected chi connectivity index (χ4v) is 2.93. The van der Waals surface area contributed by atoms with E-state index in [1.807, 2.05) is 11.8 Å². The third kappa shape index (κ3) is 2.23. The predicted molar refractivity (Wildman–Crippen MR) is 70.4 cm³/mol. The first kappa shape index (κ1) is 13.6. The minimum absolute atomic E-state index is 0.00782. The number of aromatic nitrogens is 1. The van der Waals surface area contributed by atoms with Crippen molar-refractivity contribution in [2.45, 2.75) is 38.9 Å². The highest BCUT2D eigenvalue weighted by molar-refractivity contribution is 5.96. The highest BCUT2D eigenvalue weighted by atomic mass is 16.7. The largest absolute Gasteiger partial charge is 0.361 e. The third-order valence-corrected chi connectivity index (χ3v) is 4.11. The summed E-state index contributed by atoms with van der Waals surface area (Å²) in [5.41, 5.74) is 1.36. The molecule has 6 nitrogen and oxygen atoms in total. The first-order chi connectivity index (χ1) is 9.65. The van der Waals surface area contributed by atoms with Gasteiger partial charge in [0, 0.05) is 25.9 Å². The lowest BCUT2D eigenvalue weighted by molar-refractivity contribution is -0.181. The van der Waals surface area contributed by atoms with Crippen molar-refractivity contribution in [2.75, 3.05) is 26.3 Å². The minimum atomic E-state index is -0.450. The molecular formula is C14H20N2O4. The summed E-state index contributed by atoms with van der Waals surface area (Å²) in [5, 5.41) is 3.95. The summed E-state index contributed by atoms with van der Waals surface area (Å²) in [6, 6.07) is 0. The summed E-state index contributed by atoms with van der Waals surface area (Å²) in [6.45, 7) is 6.35. The van der Waals surface area contributed by atoms with Gasteiger partial charge in [0.05, 0.1) is 18.9 Å². The Hall–Kier alpha value is -1.40. The van der Waals surface area contributed by atoms with E-state index in [9.17, 15) is 4.79 Å². The molecule has 1 spiro atoms. The molecule has 3 heterocycles. The van der Waals surface area contributed by atoms with Crippen molar-refractivity contribution in [3.8, 4) is 0 Å². The van der Waals surface area contributed by atoms with Crippen molar-refractivity contribution in [3.63, 3.8) is 0 Å². The van der Waals surface area contributed by atoms with Gasteiger partial charge in [-0.05, 0) is 13.3 Å². The first-order valence-electron chi connectivity index (χ1n) is 7.17. The Bertz CT molecular complexity index is 495. The Morgan fingerprint density at radius 1 is 1.30 bits per heavy atom. The van der Waals surface area contributed by atoms with Crippen LogP contribution in [-0.4, -0.2) is 48.1 Å². The van der Waals surface area contributed by atoms with E-state index in [0.717, 1.165) is 18.5 Å². The van der Waals surface area contributed by atoms with Crippen LogP contribution in [-0.2, 0) is 15.9 Å². The zero-order valence-corrected chi connectivity index (χ0v) is 12.0. The van der Waals surface area contributed by atoms with Crippen LogP contribution < -0.4 is 0 Å². The van der Waals surface area contributed by atoms with E-state index in [4.69, 9.17) is 14.0 Å². The molecule has 6 heteroatoms. The molecule has 0 aliphatic carbocycles. The lowest BCUT2D eigenvalue weighted by Gasteiger charge is -2.37. The Balaban J connectivity index is 1.71. The first-order valence-corrected chi connectivity index (χ1v) is 7.17. The van der Waals surface area contributed by atoms with E-state index in [1.165, 1.54) is 0 Å². The fourth-order valence-electron chi connectivity index (χ4n) is 2.93. The molecule has 0 bridgehead atoms. The number of aryl methyl sites for hydroxylation is 2. The number of likely N-dealkylation sites (tertiary alicyclic amines) is 1. The van der Waals surface area contributed by atoms with Gasteiger partial charge < -0.3 is 18.9 Å². The second-order valence-corrected chi connectivity index (χ2v) is 5.31. The molecule has 0 aromatic carbocycles. The SMILES string of the molecule is CCc1noc(C)c1C(=O)N1CCC2(CC1)OCCO2. The molecule has 0 atom stereocenters. The summed E-state index contributed by atoms with van der Waals surface area (Å²) < 4.78 is 16.5. The molecule has 1 amide bonds. The summed E-state index contributed by atoms with van der Waals surface area (Å²) >= 11 is 0. The number of amides is 1. The number of carbonyl (C=O) groups is 1. The molecule has 2 saturated heterocycles. The Morgan fingerprint density at radius 2 is 1.95 bits per heavy atom.